The van der Waals surface area contributed by atoms with E-state index < -0.39 is 32.4 Å². The molecule has 2 aromatic carbocycles. The van der Waals surface area contributed by atoms with E-state index >= 15 is 0 Å². The van der Waals surface area contributed by atoms with Crippen LogP contribution in [-0.2, 0) is 14.8 Å². The summed E-state index contributed by atoms with van der Waals surface area (Å²) in [4.78, 5) is 20.5. The molecule has 0 saturated carbocycles. The number of carboxylic acids is 1. The van der Waals surface area contributed by atoms with E-state index in [1.165, 1.54) is 24.3 Å². The number of nitro benzene ring substituents is 1. The van der Waals surface area contributed by atoms with Crippen molar-refractivity contribution >= 4 is 27.4 Å². The van der Waals surface area contributed by atoms with Crippen LogP contribution in [0.25, 0.3) is 0 Å². The first kappa shape index (κ1) is 19.3. The molecule has 0 aliphatic carbocycles. The van der Waals surface area contributed by atoms with Crippen LogP contribution >= 0.6 is 0 Å². The van der Waals surface area contributed by atoms with Gasteiger partial charge in [-0.15, -0.1) is 0 Å². The van der Waals surface area contributed by atoms with Crippen molar-refractivity contribution in [3.05, 3.63) is 64.5 Å². The molecule has 0 fully saturated rings. The van der Waals surface area contributed by atoms with Crippen LogP contribution in [0.4, 0.5) is 15.8 Å². The zero-order valence-corrected chi connectivity index (χ0v) is 14.2. The predicted molar refractivity (Wildman–Crippen MR) is 90.9 cm³/mol. The molecule has 0 atom stereocenters. The minimum absolute atomic E-state index is 0.0577. The first-order valence-electron chi connectivity index (χ1n) is 7.47. The summed E-state index contributed by atoms with van der Waals surface area (Å²) in [5.41, 5.74) is -0.686. The number of hydrogen-bond donors (Lipinski definition) is 1. The van der Waals surface area contributed by atoms with Crippen LogP contribution in [0.2, 0.25) is 0 Å². The maximum Gasteiger partial charge on any atom is 0.303 e. The normalized spacial score (nSPS) is 11.1. The smallest absolute Gasteiger partial charge is 0.303 e. The van der Waals surface area contributed by atoms with Gasteiger partial charge in [-0.3, -0.25) is 19.2 Å². The largest absolute Gasteiger partial charge is 0.481 e. The Morgan fingerprint density at radius 1 is 1.19 bits per heavy atom. The molecule has 0 unspecified atom stereocenters. The first-order chi connectivity index (χ1) is 12.2. The minimum Gasteiger partial charge on any atom is -0.481 e. The van der Waals surface area contributed by atoms with Gasteiger partial charge in [-0.25, -0.2) is 12.8 Å². The summed E-state index contributed by atoms with van der Waals surface area (Å²) in [6.07, 6.45) is -0.368. The van der Waals surface area contributed by atoms with Gasteiger partial charge >= 0.3 is 5.97 Å². The molecule has 2 aromatic rings. The number of hydrogen-bond acceptors (Lipinski definition) is 5. The van der Waals surface area contributed by atoms with Gasteiger partial charge in [-0.05, 0) is 24.6 Å². The number of anilines is 1. The molecular weight excluding hydrogens is 367 g/mol. The molecule has 0 aliphatic heterocycles. The molecule has 26 heavy (non-hydrogen) atoms. The van der Waals surface area contributed by atoms with Crippen LogP contribution in [-0.4, -0.2) is 31.0 Å². The zero-order valence-electron chi connectivity index (χ0n) is 13.4. The van der Waals surface area contributed by atoms with Gasteiger partial charge in [-0.1, -0.05) is 18.2 Å². The monoisotopic (exact) mass is 382 g/mol. The Labute approximate surface area is 148 Å². The molecule has 0 amide bonds. The molecular formula is C16H15FN2O6S. The average Bonchev–Trinajstić information content (AvgIpc) is 2.59. The van der Waals surface area contributed by atoms with E-state index in [9.17, 15) is 27.7 Å². The summed E-state index contributed by atoms with van der Waals surface area (Å²) in [5.74, 6) is -1.93. The first-order valence-corrected chi connectivity index (χ1v) is 8.91. The maximum absolute atomic E-state index is 14.1. The van der Waals surface area contributed by atoms with Crippen LogP contribution in [0, 0.1) is 15.9 Å². The van der Waals surface area contributed by atoms with Crippen LogP contribution in [0.15, 0.2) is 53.4 Å². The van der Waals surface area contributed by atoms with Crippen molar-refractivity contribution < 1.29 is 27.6 Å². The molecule has 10 heteroatoms. The van der Waals surface area contributed by atoms with Gasteiger partial charge in [-0.2, -0.15) is 0 Å². The van der Waals surface area contributed by atoms with Crippen LogP contribution in [0.5, 0.6) is 0 Å². The predicted octanol–water partition coefficient (Wildman–Crippen LogP) is 2.79. The Morgan fingerprint density at radius 2 is 1.88 bits per heavy atom. The standard InChI is InChI=1S/C16H15FN2O6S/c17-14-7-1-2-8-15(14)18(10-4-9-16(20)21)26(24,25)13-6-3-5-12(11-13)19(22)23/h1-3,5-8,11H,4,9-10H2,(H,20,21). The number of para-hydroxylation sites is 1. The number of benzene rings is 2. The lowest BCUT2D eigenvalue weighted by atomic mass is 10.2. The average molecular weight is 382 g/mol. The summed E-state index contributed by atoms with van der Waals surface area (Å²) < 4.78 is 40.7. The van der Waals surface area contributed by atoms with Crippen molar-refractivity contribution in [2.24, 2.45) is 0 Å². The number of halogens is 1. The van der Waals surface area contributed by atoms with Gasteiger partial charge in [0.2, 0.25) is 0 Å². The number of aliphatic carboxylic acids is 1. The second kappa shape index (κ2) is 7.91. The Morgan fingerprint density at radius 3 is 2.50 bits per heavy atom. The molecule has 2 rings (SSSR count). The van der Waals surface area contributed by atoms with Crippen molar-refractivity contribution in [1.82, 2.24) is 0 Å². The Hall–Kier alpha value is -3.01. The SMILES string of the molecule is O=C(O)CCCN(c1ccccc1F)S(=O)(=O)c1cccc([N+](=O)[O-])c1. The highest BCUT2D eigenvalue weighted by molar-refractivity contribution is 7.92. The number of carboxylic acid groups (broad SMARTS) is 1. The summed E-state index contributed by atoms with van der Waals surface area (Å²) >= 11 is 0. The highest BCUT2D eigenvalue weighted by Gasteiger charge is 2.28. The third-order valence-corrected chi connectivity index (χ3v) is 5.30. The van der Waals surface area contributed by atoms with E-state index in [1.54, 1.807) is 0 Å². The van der Waals surface area contributed by atoms with Gasteiger partial charge in [0, 0.05) is 25.1 Å². The Kier molecular flexibility index (Phi) is 5.88. The second-order valence-electron chi connectivity index (χ2n) is 5.28. The lowest BCUT2D eigenvalue weighted by Crippen LogP contribution is -2.33. The molecule has 0 radical (unpaired) electrons. The second-order valence-corrected chi connectivity index (χ2v) is 7.14. The van der Waals surface area contributed by atoms with Gasteiger partial charge in [0.1, 0.15) is 5.82 Å². The fourth-order valence-corrected chi connectivity index (χ4v) is 3.83. The summed E-state index contributed by atoms with van der Waals surface area (Å²) in [6.45, 7) is -0.293. The van der Waals surface area contributed by atoms with E-state index in [-0.39, 0.29) is 30.0 Å². The number of non-ortho nitro benzene ring substituents is 1. The van der Waals surface area contributed by atoms with Crippen molar-refractivity contribution in [3.63, 3.8) is 0 Å². The molecule has 0 saturated heterocycles. The van der Waals surface area contributed by atoms with Crippen molar-refractivity contribution in [3.8, 4) is 0 Å². The summed E-state index contributed by atoms with van der Waals surface area (Å²) in [5, 5.41) is 19.6. The zero-order chi connectivity index (χ0) is 19.3. The van der Waals surface area contributed by atoms with Crippen molar-refractivity contribution in [1.29, 1.82) is 0 Å². The van der Waals surface area contributed by atoms with E-state index in [2.05, 4.69) is 0 Å². The highest BCUT2D eigenvalue weighted by atomic mass is 32.2. The number of nitrogens with zero attached hydrogens (tertiary/aromatic N) is 2. The third kappa shape index (κ3) is 4.33. The Bertz CT molecular complexity index is 932. The summed E-state index contributed by atoms with van der Waals surface area (Å²) in [6, 6.07) is 9.51. The molecule has 0 aromatic heterocycles. The lowest BCUT2D eigenvalue weighted by Gasteiger charge is -2.24. The van der Waals surface area contributed by atoms with Gasteiger partial charge in [0.05, 0.1) is 15.5 Å². The minimum atomic E-state index is -4.33. The number of carbonyl (C=O) groups is 1. The molecule has 1 N–H and O–H groups in total. The van der Waals surface area contributed by atoms with Crippen LogP contribution in [0.3, 0.4) is 0 Å². The molecule has 0 heterocycles. The van der Waals surface area contributed by atoms with Gasteiger partial charge < -0.3 is 5.11 Å². The fraction of sp³-hybridized carbons (Fsp3) is 0.188. The van der Waals surface area contributed by atoms with Gasteiger partial charge in [0.15, 0.2) is 0 Å². The van der Waals surface area contributed by atoms with Crippen molar-refractivity contribution in [2.75, 3.05) is 10.8 Å². The number of rotatable bonds is 8. The molecule has 8 nitrogen and oxygen atoms in total. The Balaban J connectivity index is 2.49. The van der Waals surface area contributed by atoms with Crippen LogP contribution < -0.4 is 4.31 Å². The quantitative estimate of drug-likeness (QED) is 0.554. The number of nitro groups is 1. The van der Waals surface area contributed by atoms with Gasteiger partial charge in [0.25, 0.3) is 15.7 Å². The topological polar surface area (TPSA) is 118 Å². The van der Waals surface area contributed by atoms with Crippen molar-refractivity contribution in [2.45, 2.75) is 17.7 Å². The van der Waals surface area contributed by atoms with E-state index in [4.69, 9.17) is 5.11 Å². The molecule has 0 spiro atoms. The van der Waals surface area contributed by atoms with Crippen LogP contribution in [0.1, 0.15) is 12.8 Å². The highest BCUT2D eigenvalue weighted by Crippen LogP contribution is 2.28. The molecule has 138 valence electrons. The summed E-state index contributed by atoms with van der Waals surface area (Å²) in [7, 11) is -4.33. The van der Waals surface area contributed by atoms with E-state index in [0.29, 0.717) is 0 Å². The lowest BCUT2D eigenvalue weighted by molar-refractivity contribution is -0.385. The van der Waals surface area contributed by atoms with E-state index in [0.717, 1.165) is 28.6 Å². The third-order valence-electron chi connectivity index (χ3n) is 3.49. The van der Waals surface area contributed by atoms with E-state index in [1.807, 2.05) is 0 Å². The molecule has 0 aliphatic rings. The fourth-order valence-electron chi connectivity index (χ4n) is 2.28. The number of sulfonamides is 1. The molecule has 0 bridgehead atoms. The maximum atomic E-state index is 14.1.